The lowest BCUT2D eigenvalue weighted by molar-refractivity contribution is -0.120. The second-order valence-corrected chi connectivity index (χ2v) is 7.29. The fraction of sp³-hybridized carbons (Fsp3) is 0.250. The van der Waals surface area contributed by atoms with E-state index in [1.807, 2.05) is 49.4 Å². The molecule has 1 heterocycles. The van der Waals surface area contributed by atoms with Gasteiger partial charge in [-0.15, -0.1) is 5.10 Å². The lowest BCUT2D eigenvalue weighted by Gasteiger charge is -2.10. The molecule has 140 valence electrons. The van der Waals surface area contributed by atoms with Gasteiger partial charge in [0.2, 0.25) is 11.1 Å². The van der Waals surface area contributed by atoms with Crippen LogP contribution < -0.4 is 10.1 Å². The first-order chi connectivity index (χ1) is 13.2. The van der Waals surface area contributed by atoms with E-state index < -0.39 is 0 Å². The van der Waals surface area contributed by atoms with Gasteiger partial charge in [0.05, 0.1) is 12.4 Å². The molecule has 1 aromatic heterocycles. The van der Waals surface area contributed by atoms with E-state index in [2.05, 4.69) is 32.6 Å². The Balaban J connectivity index is 1.50. The number of hydrogen-bond acceptors (Lipinski definition) is 5. The maximum absolute atomic E-state index is 12.3. The molecule has 1 amide bonds. The topological polar surface area (TPSA) is 79.9 Å². The number of nitrogens with one attached hydrogen (secondary N) is 2. The maximum atomic E-state index is 12.3. The molecule has 0 saturated carbocycles. The maximum Gasteiger partial charge on any atom is 0.233 e. The third-order valence-electron chi connectivity index (χ3n) is 4.04. The SMILES string of the molecule is COc1ccc(-c2nc(S[C@H](C)C(=O)NCCc3ccccc3)n[nH]2)cc1. The molecule has 0 bridgehead atoms. The molecule has 1 atom stereocenters. The number of thioether (sulfide) groups is 1. The molecule has 3 aromatic rings. The largest absolute Gasteiger partial charge is 0.497 e. The minimum atomic E-state index is -0.278. The van der Waals surface area contributed by atoms with E-state index in [9.17, 15) is 4.79 Å². The number of carbonyl (C=O) groups is 1. The van der Waals surface area contributed by atoms with Crippen LogP contribution >= 0.6 is 11.8 Å². The highest BCUT2D eigenvalue weighted by Gasteiger charge is 2.17. The summed E-state index contributed by atoms with van der Waals surface area (Å²) in [6, 6.07) is 17.6. The van der Waals surface area contributed by atoms with Gasteiger partial charge >= 0.3 is 0 Å². The van der Waals surface area contributed by atoms with Gasteiger partial charge in [-0.25, -0.2) is 4.98 Å². The average molecular weight is 382 g/mol. The van der Waals surface area contributed by atoms with Gasteiger partial charge in [0.1, 0.15) is 5.75 Å². The Hall–Kier alpha value is -2.80. The lowest BCUT2D eigenvalue weighted by atomic mass is 10.1. The number of nitrogens with zero attached hydrogens (tertiary/aromatic N) is 2. The molecule has 2 aromatic carbocycles. The zero-order valence-corrected chi connectivity index (χ0v) is 16.1. The monoisotopic (exact) mass is 382 g/mol. The first-order valence-corrected chi connectivity index (χ1v) is 9.59. The average Bonchev–Trinajstić information content (AvgIpc) is 3.17. The van der Waals surface area contributed by atoms with Crippen LogP contribution in [0.15, 0.2) is 59.8 Å². The third kappa shape index (κ3) is 5.34. The molecular formula is C20H22N4O2S. The van der Waals surface area contributed by atoms with Crippen LogP contribution in [-0.4, -0.2) is 40.0 Å². The van der Waals surface area contributed by atoms with E-state index in [1.54, 1.807) is 7.11 Å². The molecule has 0 aliphatic carbocycles. The fourth-order valence-corrected chi connectivity index (χ4v) is 3.26. The van der Waals surface area contributed by atoms with E-state index in [1.165, 1.54) is 17.3 Å². The molecular weight excluding hydrogens is 360 g/mol. The molecule has 0 spiro atoms. The number of carbonyl (C=O) groups excluding carboxylic acids is 1. The zero-order valence-electron chi connectivity index (χ0n) is 15.3. The van der Waals surface area contributed by atoms with Crippen LogP contribution in [0.3, 0.4) is 0 Å². The van der Waals surface area contributed by atoms with Gasteiger partial charge in [-0.2, -0.15) is 0 Å². The number of methoxy groups -OCH3 is 1. The Bertz CT molecular complexity index is 865. The minimum Gasteiger partial charge on any atom is -0.497 e. The Kier molecular flexibility index (Phi) is 6.49. The molecule has 0 fully saturated rings. The molecule has 7 heteroatoms. The molecule has 27 heavy (non-hydrogen) atoms. The van der Waals surface area contributed by atoms with Crippen LogP contribution in [0.5, 0.6) is 5.75 Å². The summed E-state index contributed by atoms with van der Waals surface area (Å²) in [4.78, 5) is 16.7. The van der Waals surface area contributed by atoms with E-state index in [0.29, 0.717) is 17.5 Å². The van der Waals surface area contributed by atoms with Gasteiger partial charge in [-0.05, 0) is 43.2 Å². The highest BCUT2D eigenvalue weighted by atomic mass is 32.2. The van der Waals surface area contributed by atoms with Crippen molar-refractivity contribution in [3.05, 3.63) is 60.2 Å². The summed E-state index contributed by atoms with van der Waals surface area (Å²) < 4.78 is 5.15. The van der Waals surface area contributed by atoms with E-state index in [-0.39, 0.29) is 11.2 Å². The molecule has 2 N–H and O–H groups in total. The Labute approximate surface area is 162 Å². The van der Waals surface area contributed by atoms with E-state index >= 15 is 0 Å². The minimum absolute atomic E-state index is 0.0215. The number of aromatic nitrogens is 3. The fourth-order valence-electron chi connectivity index (χ4n) is 2.51. The van der Waals surface area contributed by atoms with Crippen LogP contribution in [0.25, 0.3) is 11.4 Å². The Morgan fingerprint density at radius 1 is 1.19 bits per heavy atom. The van der Waals surface area contributed by atoms with Gasteiger partial charge in [0, 0.05) is 12.1 Å². The number of ether oxygens (including phenoxy) is 1. The van der Waals surface area contributed by atoms with Crippen molar-refractivity contribution in [1.82, 2.24) is 20.5 Å². The molecule has 0 aliphatic rings. The van der Waals surface area contributed by atoms with Crippen molar-refractivity contribution in [2.75, 3.05) is 13.7 Å². The van der Waals surface area contributed by atoms with Gasteiger partial charge in [-0.1, -0.05) is 42.1 Å². The van der Waals surface area contributed by atoms with Crippen molar-refractivity contribution in [3.63, 3.8) is 0 Å². The molecule has 3 rings (SSSR count). The van der Waals surface area contributed by atoms with Crippen LogP contribution in [0.1, 0.15) is 12.5 Å². The van der Waals surface area contributed by atoms with Crippen molar-refractivity contribution in [1.29, 1.82) is 0 Å². The summed E-state index contributed by atoms with van der Waals surface area (Å²) in [6.07, 6.45) is 0.812. The van der Waals surface area contributed by atoms with Crippen molar-refractivity contribution in [2.45, 2.75) is 23.8 Å². The van der Waals surface area contributed by atoms with Crippen molar-refractivity contribution < 1.29 is 9.53 Å². The van der Waals surface area contributed by atoms with Crippen molar-refractivity contribution in [3.8, 4) is 17.1 Å². The number of amides is 1. The van der Waals surface area contributed by atoms with Gasteiger partial charge in [-0.3, -0.25) is 9.89 Å². The number of benzene rings is 2. The predicted molar refractivity (Wildman–Crippen MR) is 107 cm³/mol. The standard InChI is InChI=1S/C20H22N4O2S/c1-14(19(25)21-13-12-15-6-4-3-5-7-15)27-20-22-18(23-24-20)16-8-10-17(26-2)11-9-16/h3-11,14H,12-13H2,1-2H3,(H,21,25)(H,22,23,24)/t14-/m1/s1. The third-order valence-corrected chi connectivity index (χ3v) is 5.00. The van der Waals surface area contributed by atoms with Crippen LogP contribution in [0.2, 0.25) is 0 Å². The summed E-state index contributed by atoms with van der Waals surface area (Å²) >= 11 is 1.33. The quantitative estimate of drug-likeness (QED) is 0.584. The summed E-state index contributed by atoms with van der Waals surface area (Å²) in [5.41, 5.74) is 2.12. The van der Waals surface area contributed by atoms with E-state index in [4.69, 9.17) is 4.74 Å². The second kappa shape index (κ2) is 9.23. The highest BCUT2D eigenvalue weighted by molar-refractivity contribution is 8.00. The molecule has 0 radical (unpaired) electrons. The first kappa shape index (κ1) is 19.0. The van der Waals surface area contributed by atoms with Crippen molar-refractivity contribution >= 4 is 17.7 Å². The van der Waals surface area contributed by atoms with Crippen LogP contribution in [0, 0.1) is 0 Å². The molecule has 0 aliphatic heterocycles. The first-order valence-electron chi connectivity index (χ1n) is 8.71. The number of H-pyrrole nitrogens is 1. The van der Waals surface area contributed by atoms with Crippen molar-refractivity contribution in [2.24, 2.45) is 0 Å². The van der Waals surface area contributed by atoms with Crippen LogP contribution in [0.4, 0.5) is 0 Å². The Morgan fingerprint density at radius 3 is 2.63 bits per heavy atom. The summed E-state index contributed by atoms with van der Waals surface area (Å²) in [5, 5.41) is 10.3. The Morgan fingerprint density at radius 2 is 1.93 bits per heavy atom. The zero-order chi connectivity index (χ0) is 19.1. The van der Waals surface area contributed by atoms with Gasteiger partial charge in [0.25, 0.3) is 0 Å². The molecule has 0 saturated heterocycles. The number of hydrogen-bond donors (Lipinski definition) is 2. The summed E-state index contributed by atoms with van der Waals surface area (Å²) in [7, 11) is 1.63. The summed E-state index contributed by atoms with van der Waals surface area (Å²) in [6.45, 7) is 2.46. The second-order valence-electron chi connectivity index (χ2n) is 5.98. The van der Waals surface area contributed by atoms with E-state index in [0.717, 1.165) is 17.7 Å². The summed E-state index contributed by atoms with van der Waals surface area (Å²) in [5.74, 6) is 1.43. The molecule has 0 unspecified atom stereocenters. The molecule has 6 nitrogen and oxygen atoms in total. The highest BCUT2D eigenvalue weighted by Crippen LogP contribution is 2.24. The predicted octanol–water partition coefficient (Wildman–Crippen LogP) is 3.32. The lowest BCUT2D eigenvalue weighted by Crippen LogP contribution is -2.32. The number of aromatic amines is 1. The smallest absolute Gasteiger partial charge is 0.233 e. The number of rotatable bonds is 8. The normalized spacial score (nSPS) is 11.8. The van der Waals surface area contributed by atoms with Gasteiger partial charge < -0.3 is 10.1 Å². The van der Waals surface area contributed by atoms with Crippen LogP contribution in [-0.2, 0) is 11.2 Å². The van der Waals surface area contributed by atoms with Gasteiger partial charge in [0.15, 0.2) is 5.82 Å².